The summed E-state index contributed by atoms with van der Waals surface area (Å²) in [5.41, 5.74) is -0.881. The summed E-state index contributed by atoms with van der Waals surface area (Å²) in [7, 11) is 0. The summed E-state index contributed by atoms with van der Waals surface area (Å²) in [6, 6.07) is 1.85. The van der Waals surface area contributed by atoms with Gasteiger partial charge >= 0.3 is 0 Å². The summed E-state index contributed by atoms with van der Waals surface area (Å²) >= 11 is 0.989. The van der Waals surface area contributed by atoms with Crippen molar-refractivity contribution in [3.8, 4) is 0 Å². The fourth-order valence-electron chi connectivity index (χ4n) is 1.25. The highest BCUT2D eigenvalue weighted by atomic mass is 32.1. The molecule has 0 amide bonds. The second kappa shape index (κ2) is 3.24. The Morgan fingerprint density at radius 3 is 2.57 bits per heavy atom. The Bertz CT molecular complexity index is 475. The standard InChI is InChI=1S/C9H4F4S/c10-6-3-5(9(12)13)7(11)4-1-2-14-8(4)6/h1-3,9H. The van der Waals surface area contributed by atoms with Gasteiger partial charge in [-0.2, -0.15) is 0 Å². The van der Waals surface area contributed by atoms with Crippen LogP contribution in [0.5, 0.6) is 0 Å². The number of benzene rings is 1. The first-order valence-electron chi connectivity index (χ1n) is 3.74. The maximum atomic E-state index is 13.3. The average molecular weight is 220 g/mol. The molecular formula is C9H4F4S. The SMILES string of the molecule is Fc1c(C(F)F)cc(F)c2sccc12. The van der Waals surface area contributed by atoms with Crippen LogP contribution in [0, 0.1) is 11.6 Å². The molecule has 1 heterocycles. The Labute approximate surface area is 80.8 Å². The molecule has 2 aromatic rings. The van der Waals surface area contributed by atoms with Gasteiger partial charge < -0.3 is 0 Å². The lowest BCUT2D eigenvalue weighted by atomic mass is 10.1. The summed E-state index contributed by atoms with van der Waals surface area (Å²) in [4.78, 5) is 0. The van der Waals surface area contributed by atoms with E-state index in [9.17, 15) is 17.6 Å². The lowest BCUT2D eigenvalue weighted by Crippen LogP contribution is -1.92. The van der Waals surface area contributed by atoms with Crippen molar-refractivity contribution in [2.24, 2.45) is 0 Å². The second-order valence-corrected chi connectivity index (χ2v) is 3.64. The molecule has 2 rings (SSSR count). The Morgan fingerprint density at radius 2 is 1.93 bits per heavy atom. The van der Waals surface area contributed by atoms with Gasteiger partial charge in [0.05, 0.1) is 10.3 Å². The first-order valence-corrected chi connectivity index (χ1v) is 4.62. The van der Waals surface area contributed by atoms with E-state index < -0.39 is 23.6 Å². The van der Waals surface area contributed by atoms with Crippen LogP contribution in [0.3, 0.4) is 0 Å². The lowest BCUT2D eigenvalue weighted by Gasteiger charge is -2.03. The fraction of sp³-hybridized carbons (Fsp3) is 0.111. The van der Waals surface area contributed by atoms with Crippen molar-refractivity contribution >= 4 is 21.4 Å². The van der Waals surface area contributed by atoms with E-state index >= 15 is 0 Å². The van der Waals surface area contributed by atoms with Crippen LogP contribution in [0.2, 0.25) is 0 Å². The van der Waals surface area contributed by atoms with Crippen LogP contribution in [0.1, 0.15) is 12.0 Å². The fourth-order valence-corrected chi connectivity index (χ4v) is 2.04. The summed E-state index contributed by atoms with van der Waals surface area (Å²) in [5, 5.41) is 1.39. The van der Waals surface area contributed by atoms with Crippen LogP contribution < -0.4 is 0 Å². The third-order valence-electron chi connectivity index (χ3n) is 1.89. The van der Waals surface area contributed by atoms with E-state index in [4.69, 9.17) is 0 Å². The number of fused-ring (bicyclic) bond motifs is 1. The predicted molar refractivity (Wildman–Crippen MR) is 46.7 cm³/mol. The lowest BCUT2D eigenvalue weighted by molar-refractivity contribution is 0.146. The quantitative estimate of drug-likeness (QED) is 0.634. The van der Waals surface area contributed by atoms with Gasteiger partial charge in [0.15, 0.2) is 0 Å². The van der Waals surface area contributed by atoms with Crippen LogP contribution in [0.15, 0.2) is 17.5 Å². The molecule has 0 radical (unpaired) electrons. The highest BCUT2D eigenvalue weighted by Crippen LogP contribution is 2.32. The first-order chi connectivity index (χ1) is 6.61. The molecule has 1 aromatic carbocycles. The molecule has 74 valence electrons. The number of hydrogen-bond acceptors (Lipinski definition) is 1. The maximum Gasteiger partial charge on any atom is 0.266 e. The minimum absolute atomic E-state index is 0.0758. The second-order valence-electron chi connectivity index (χ2n) is 2.73. The van der Waals surface area contributed by atoms with Crippen LogP contribution in [0.25, 0.3) is 10.1 Å². The van der Waals surface area contributed by atoms with Crippen LogP contribution in [0.4, 0.5) is 17.6 Å². The molecule has 0 aliphatic rings. The zero-order valence-corrected chi connectivity index (χ0v) is 7.55. The molecule has 1 aromatic heterocycles. The van der Waals surface area contributed by atoms with Crippen molar-refractivity contribution in [2.75, 3.05) is 0 Å². The first kappa shape index (κ1) is 9.45. The summed E-state index contributed by atoms with van der Waals surface area (Å²) < 4.78 is 51.0. The number of hydrogen-bond donors (Lipinski definition) is 0. The molecule has 0 N–H and O–H groups in total. The van der Waals surface area contributed by atoms with Crippen molar-refractivity contribution < 1.29 is 17.6 Å². The van der Waals surface area contributed by atoms with E-state index in [-0.39, 0.29) is 10.1 Å². The van der Waals surface area contributed by atoms with E-state index in [1.807, 2.05) is 0 Å². The Morgan fingerprint density at radius 1 is 1.21 bits per heavy atom. The Kier molecular flexibility index (Phi) is 2.19. The predicted octanol–water partition coefficient (Wildman–Crippen LogP) is 4.12. The van der Waals surface area contributed by atoms with E-state index in [1.165, 1.54) is 11.4 Å². The van der Waals surface area contributed by atoms with Crippen molar-refractivity contribution in [1.29, 1.82) is 0 Å². The third kappa shape index (κ3) is 1.28. The zero-order valence-electron chi connectivity index (χ0n) is 6.73. The molecule has 0 aliphatic heterocycles. The van der Waals surface area contributed by atoms with Crippen molar-refractivity contribution in [3.05, 3.63) is 34.7 Å². The van der Waals surface area contributed by atoms with Crippen molar-refractivity contribution in [2.45, 2.75) is 6.43 Å². The molecule has 0 saturated heterocycles. The van der Waals surface area contributed by atoms with Crippen LogP contribution in [-0.2, 0) is 0 Å². The summed E-state index contributed by atoms with van der Waals surface area (Å²) in [6.07, 6.45) is -2.99. The van der Waals surface area contributed by atoms with Gasteiger partial charge in [-0.25, -0.2) is 17.6 Å². The highest BCUT2D eigenvalue weighted by molar-refractivity contribution is 7.17. The van der Waals surface area contributed by atoms with Gasteiger partial charge in [0.2, 0.25) is 0 Å². The molecule has 14 heavy (non-hydrogen) atoms. The maximum absolute atomic E-state index is 13.3. The van der Waals surface area contributed by atoms with Crippen LogP contribution >= 0.6 is 11.3 Å². The van der Waals surface area contributed by atoms with Gasteiger partial charge in [-0.05, 0) is 17.5 Å². The molecule has 0 fully saturated rings. The van der Waals surface area contributed by atoms with Gasteiger partial charge in [-0.1, -0.05) is 0 Å². The largest absolute Gasteiger partial charge is 0.266 e. The number of thiophene rings is 1. The minimum Gasteiger partial charge on any atom is -0.206 e. The number of rotatable bonds is 1. The third-order valence-corrected chi connectivity index (χ3v) is 2.81. The molecule has 0 saturated carbocycles. The van der Waals surface area contributed by atoms with Gasteiger partial charge in [-0.3, -0.25) is 0 Å². The van der Waals surface area contributed by atoms with Gasteiger partial charge in [0.1, 0.15) is 11.6 Å². The highest BCUT2D eigenvalue weighted by Gasteiger charge is 2.19. The van der Waals surface area contributed by atoms with E-state index in [0.29, 0.717) is 6.07 Å². The van der Waals surface area contributed by atoms with E-state index in [0.717, 1.165) is 11.3 Å². The van der Waals surface area contributed by atoms with Crippen LogP contribution in [-0.4, -0.2) is 0 Å². The molecule has 5 heteroatoms. The van der Waals surface area contributed by atoms with E-state index in [2.05, 4.69) is 0 Å². The normalized spacial score (nSPS) is 11.5. The van der Waals surface area contributed by atoms with E-state index in [1.54, 1.807) is 0 Å². The smallest absolute Gasteiger partial charge is 0.206 e. The molecule has 0 spiro atoms. The summed E-state index contributed by atoms with van der Waals surface area (Å²) in [6.45, 7) is 0. The molecule has 0 atom stereocenters. The topological polar surface area (TPSA) is 0 Å². The molecule has 0 unspecified atom stereocenters. The zero-order chi connectivity index (χ0) is 10.3. The Hall–Kier alpha value is -1.10. The van der Waals surface area contributed by atoms with Crippen molar-refractivity contribution in [3.63, 3.8) is 0 Å². The number of halogens is 4. The molecular weight excluding hydrogens is 216 g/mol. The molecule has 0 nitrogen and oxygen atoms in total. The number of alkyl halides is 2. The Balaban J connectivity index is 2.82. The molecule has 0 aliphatic carbocycles. The van der Waals surface area contributed by atoms with Gasteiger partial charge in [0, 0.05) is 5.39 Å². The average Bonchev–Trinajstić information content (AvgIpc) is 2.59. The molecule has 0 bridgehead atoms. The monoisotopic (exact) mass is 220 g/mol. The summed E-state index contributed by atoms with van der Waals surface area (Å²) in [5.74, 6) is -1.83. The minimum atomic E-state index is -2.99. The van der Waals surface area contributed by atoms with Gasteiger partial charge in [-0.15, -0.1) is 11.3 Å². The van der Waals surface area contributed by atoms with Gasteiger partial charge in [0.25, 0.3) is 6.43 Å². The van der Waals surface area contributed by atoms with Crippen molar-refractivity contribution in [1.82, 2.24) is 0 Å².